The number of hydrogen-bond donors (Lipinski definition) is 2. The van der Waals surface area contributed by atoms with Gasteiger partial charge in [0.25, 0.3) is 0 Å². The highest BCUT2D eigenvalue weighted by molar-refractivity contribution is 5.76. The first-order valence-electron chi connectivity index (χ1n) is 6.60. The van der Waals surface area contributed by atoms with E-state index in [0.717, 1.165) is 32.1 Å². The normalized spacial score (nSPS) is 22.6. The molecule has 0 heterocycles. The fourth-order valence-electron chi connectivity index (χ4n) is 2.23. The summed E-state index contributed by atoms with van der Waals surface area (Å²) in [6.07, 6.45) is 9.09. The van der Waals surface area contributed by atoms with Crippen molar-refractivity contribution in [3.63, 3.8) is 0 Å². The minimum absolute atomic E-state index is 0.0223. The zero-order valence-electron chi connectivity index (χ0n) is 10.5. The van der Waals surface area contributed by atoms with E-state index in [1.807, 2.05) is 0 Å². The van der Waals surface area contributed by atoms with Gasteiger partial charge >= 0.3 is 12.0 Å². The van der Waals surface area contributed by atoms with Gasteiger partial charge in [-0.15, -0.1) is 0 Å². The number of amides is 2. The van der Waals surface area contributed by atoms with E-state index in [2.05, 4.69) is 17.5 Å². The quantitative estimate of drug-likeness (QED) is 0.732. The summed E-state index contributed by atoms with van der Waals surface area (Å²) >= 11 is 0. The molecule has 100 valence electrons. The van der Waals surface area contributed by atoms with Crippen molar-refractivity contribution in [3.05, 3.63) is 12.2 Å². The minimum atomic E-state index is -0.853. The van der Waals surface area contributed by atoms with Gasteiger partial charge in [0.2, 0.25) is 0 Å². The monoisotopic (exact) mass is 252 g/mol. The largest absolute Gasteiger partial charge is 0.481 e. The van der Waals surface area contributed by atoms with Crippen molar-refractivity contribution in [1.29, 1.82) is 0 Å². The van der Waals surface area contributed by atoms with Gasteiger partial charge in [0.05, 0.1) is 6.42 Å². The summed E-state index contributed by atoms with van der Waals surface area (Å²) in [6.45, 7) is 0.314. The summed E-state index contributed by atoms with van der Waals surface area (Å²) in [5.74, 6) is -0.853. The van der Waals surface area contributed by atoms with Crippen molar-refractivity contribution < 1.29 is 14.7 Å². The molecule has 0 aromatic rings. The van der Waals surface area contributed by atoms with E-state index in [1.54, 1.807) is 4.90 Å². The highest BCUT2D eigenvalue weighted by atomic mass is 16.4. The Balaban J connectivity index is 1.83. The molecule has 2 amide bonds. The molecule has 0 aromatic carbocycles. The van der Waals surface area contributed by atoms with Crippen LogP contribution in [-0.4, -0.2) is 40.6 Å². The second kappa shape index (κ2) is 5.89. The lowest BCUT2D eigenvalue weighted by atomic mass is 10.0. The van der Waals surface area contributed by atoms with Gasteiger partial charge in [0.15, 0.2) is 0 Å². The number of rotatable bonds is 5. The van der Waals surface area contributed by atoms with E-state index in [0.29, 0.717) is 6.54 Å². The topological polar surface area (TPSA) is 69.6 Å². The molecule has 0 saturated heterocycles. The number of urea groups is 1. The summed E-state index contributed by atoms with van der Waals surface area (Å²) in [5.41, 5.74) is 0. The second-order valence-electron chi connectivity index (χ2n) is 5.00. The van der Waals surface area contributed by atoms with E-state index in [9.17, 15) is 9.59 Å². The van der Waals surface area contributed by atoms with E-state index >= 15 is 0 Å². The third kappa shape index (κ3) is 3.75. The maximum absolute atomic E-state index is 12.1. The lowest BCUT2D eigenvalue weighted by molar-refractivity contribution is -0.137. The van der Waals surface area contributed by atoms with Crippen LogP contribution in [0.5, 0.6) is 0 Å². The minimum Gasteiger partial charge on any atom is -0.481 e. The zero-order chi connectivity index (χ0) is 13.0. The van der Waals surface area contributed by atoms with E-state index < -0.39 is 5.97 Å². The summed E-state index contributed by atoms with van der Waals surface area (Å²) in [7, 11) is 0. The van der Waals surface area contributed by atoms with Gasteiger partial charge < -0.3 is 15.3 Å². The van der Waals surface area contributed by atoms with E-state index in [-0.39, 0.29) is 24.5 Å². The molecule has 2 aliphatic rings. The average molecular weight is 252 g/mol. The maximum atomic E-state index is 12.1. The van der Waals surface area contributed by atoms with Crippen LogP contribution < -0.4 is 5.32 Å². The molecular weight excluding hydrogens is 232 g/mol. The lowest BCUT2D eigenvalue weighted by Crippen LogP contribution is -2.46. The Morgan fingerprint density at radius 1 is 1.28 bits per heavy atom. The summed E-state index contributed by atoms with van der Waals surface area (Å²) in [5, 5.41) is 11.7. The molecule has 18 heavy (non-hydrogen) atoms. The van der Waals surface area contributed by atoms with E-state index in [4.69, 9.17) is 5.11 Å². The smallest absolute Gasteiger partial charge is 0.317 e. The molecular formula is C13H20N2O3. The molecule has 2 rings (SSSR count). The average Bonchev–Trinajstić information content (AvgIpc) is 3.14. The lowest BCUT2D eigenvalue weighted by Gasteiger charge is -2.26. The van der Waals surface area contributed by atoms with Crippen LogP contribution in [0.15, 0.2) is 12.2 Å². The van der Waals surface area contributed by atoms with Crippen molar-refractivity contribution >= 4 is 12.0 Å². The van der Waals surface area contributed by atoms with Crippen molar-refractivity contribution in [3.8, 4) is 0 Å². The number of nitrogens with zero attached hydrogens (tertiary/aromatic N) is 1. The third-order valence-electron chi connectivity index (χ3n) is 3.41. The Labute approximate surface area is 107 Å². The molecule has 1 unspecified atom stereocenters. The molecule has 0 spiro atoms. The molecule has 0 radical (unpaired) electrons. The van der Waals surface area contributed by atoms with Crippen LogP contribution in [0.4, 0.5) is 4.79 Å². The van der Waals surface area contributed by atoms with Crippen molar-refractivity contribution in [1.82, 2.24) is 10.2 Å². The van der Waals surface area contributed by atoms with Gasteiger partial charge in [-0.05, 0) is 32.1 Å². The number of carbonyl (C=O) groups is 2. The molecule has 2 aliphatic carbocycles. The molecule has 1 fully saturated rings. The highest BCUT2D eigenvalue weighted by Gasteiger charge is 2.33. The Morgan fingerprint density at radius 2 is 2.06 bits per heavy atom. The van der Waals surface area contributed by atoms with Crippen LogP contribution in [0.1, 0.15) is 38.5 Å². The van der Waals surface area contributed by atoms with Crippen LogP contribution in [0.3, 0.4) is 0 Å². The number of aliphatic carboxylic acids is 1. The summed E-state index contributed by atoms with van der Waals surface area (Å²) < 4.78 is 0. The molecule has 1 atom stereocenters. The molecule has 5 heteroatoms. The predicted molar refractivity (Wildman–Crippen MR) is 67.3 cm³/mol. The Morgan fingerprint density at radius 3 is 2.61 bits per heavy atom. The number of hydrogen-bond acceptors (Lipinski definition) is 2. The number of nitrogens with one attached hydrogen (secondary N) is 1. The first kappa shape index (κ1) is 12.9. The SMILES string of the molecule is O=C(O)CCN(C(=O)NC1CC=CCC1)C1CC1. The number of carbonyl (C=O) groups excluding carboxylic acids is 1. The molecule has 0 bridgehead atoms. The van der Waals surface area contributed by atoms with Gasteiger partial charge in [0.1, 0.15) is 0 Å². The van der Waals surface area contributed by atoms with Crippen LogP contribution in [0.2, 0.25) is 0 Å². The fourth-order valence-corrected chi connectivity index (χ4v) is 2.23. The van der Waals surface area contributed by atoms with Crippen LogP contribution in [-0.2, 0) is 4.79 Å². The first-order valence-corrected chi connectivity index (χ1v) is 6.60. The van der Waals surface area contributed by atoms with Crippen molar-refractivity contribution in [2.45, 2.75) is 50.6 Å². The molecule has 1 saturated carbocycles. The van der Waals surface area contributed by atoms with Gasteiger partial charge in [-0.25, -0.2) is 4.79 Å². The summed E-state index contributed by atoms with van der Waals surface area (Å²) in [6, 6.07) is 0.358. The number of carboxylic acids is 1. The Kier molecular flexibility index (Phi) is 4.23. The van der Waals surface area contributed by atoms with Gasteiger partial charge in [-0.3, -0.25) is 4.79 Å². The number of allylic oxidation sites excluding steroid dienone is 1. The maximum Gasteiger partial charge on any atom is 0.317 e. The summed E-state index contributed by atoms with van der Waals surface area (Å²) in [4.78, 5) is 24.4. The van der Waals surface area contributed by atoms with E-state index in [1.165, 1.54) is 0 Å². The van der Waals surface area contributed by atoms with Gasteiger partial charge in [0, 0.05) is 18.6 Å². The Hall–Kier alpha value is -1.52. The second-order valence-corrected chi connectivity index (χ2v) is 5.00. The molecule has 0 aromatic heterocycles. The fraction of sp³-hybridized carbons (Fsp3) is 0.692. The van der Waals surface area contributed by atoms with Gasteiger partial charge in [-0.1, -0.05) is 12.2 Å². The van der Waals surface area contributed by atoms with Crippen LogP contribution in [0.25, 0.3) is 0 Å². The standard InChI is InChI=1S/C13H20N2O3/c16-12(17)8-9-15(11-6-7-11)13(18)14-10-4-2-1-3-5-10/h1-2,10-11H,3-9H2,(H,14,18)(H,16,17). The van der Waals surface area contributed by atoms with Crippen LogP contribution in [0, 0.1) is 0 Å². The highest BCUT2D eigenvalue weighted by Crippen LogP contribution is 2.27. The Bertz CT molecular complexity index is 350. The molecule has 0 aliphatic heterocycles. The third-order valence-corrected chi connectivity index (χ3v) is 3.41. The van der Waals surface area contributed by atoms with Crippen LogP contribution >= 0.6 is 0 Å². The number of carboxylic acid groups (broad SMARTS) is 1. The van der Waals surface area contributed by atoms with Gasteiger partial charge in [-0.2, -0.15) is 0 Å². The van der Waals surface area contributed by atoms with Crippen molar-refractivity contribution in [2.75, 3.05) is 6.54 Å². The predicted octanol–water partition coefficient (Wildman–Crippen LogP) is 1.74. The first-order chi connectivity index (χ1) is 8.66. The zero-order valence-corrected chi connectivity index (χ0v) is 10.5. The molecule has 2 N–H and O–H groups in total. The van der Waals surface area contributed by atoms with Crippen molar-refractivity contribution in [2.24, 2.45) is 0 Å². The molecule has 5 nitrogen and oxygen atoms in total.